The van der Waals surface area contributed by atoms with E-state index in [0.717, 1.165) is 0 Å². The van der Waals surface area contributed by atoms with Crippen LogP contribution < -0.4 is 15.0 Å². The Bertz CT molecular complexity index is 522. The van der Waals surface area contributed by atoms with Gasteiger partial charge in [0.25, 0.3) is 5.91 Å². The number of rotatable bonds is 6. The van der Waals surface area contributed by atoms with Gasteiger partial charge in [-0.15, -0.1) is 4.91 Å². The molecule has 0 bridgehead atoms. The van der Waals surface area contributed by atoms with Crippen molar-refractivity contribution in [2.45, 2.75) is 0 Å². The fourth-order valence-electron chi connectivity index (χ4n) is 1.69. The van der Waals surface area contributed by atoms with Crippen LogP contribution in [0.15, 0.2) is 15.7 Å². The highest BCUT2D eigenvalue weighted by Gasteiger charge is 2.22. The molecular formula is C12H16BrN3O4. The highest BCUT2D eigenvalue weighted by atomic mass is 79.9. The third kappa shape index (κ3) is 3.07. The summed E-state index contributed by atoms with van der Waals surface area (Å²) in [4.78, 5) is 24.3. The van der Waals surface area contributed by atoms with E-state index in [1.165, 1.54) is 26.2 Å². The van der Waals surface area contributed by atoms with Gasteiger partial charge in [-0.3, -0.25) is 4.79 Å². The molecule has 0 heterocycles. The lowest BCUT2D eigenvalue weighted by Gasteiger charge is -2.21. The number of hydrogen-bond acceptors (Lipinski definition) is 6. The van der Waals surface area contributed by atoms with Crippen LogP contribution in [0.1, 0.15) is 0 Å². The van der Waals surface area contributed by atoms with Gasteiger partial charge in [0.05, 0.1) is 23.0 Å². The largest absolute Gasteiger partial charge is 0.495 e. The molecule has 0 fully saturated rings. The molecule has 0 aliphatic heterocycles. The number of carbonyl (C=O) groups is 1. The molecule has 1 aromatic rings. The number of carbonyl (C=O) groups excluding carboxylic acids is 1. The van der Waals surface area contributed by atoms with Crippen molar-refractivity contribution in [2.75, 3.05) is 45.1 Å². The molecule has 0 radical (unpaired) electrons. The summed E-state index contributed by atoms with van der Waals surface area (Å²) in [6.07, 6.45) is 0. The Kier molecular flexibility index (Phi) is 5.90. The van der Waals surface area contributed by atoms with Crippen LogP contribution in [0.4, 0.5) is 17.1 Å². The lowest BCUT2D eigenvalue weighted by Crippen LogP contribution is -2.29. The predicted octanol–water partition coefficient (Wildman–Crippen LogP) is 2.51. The maximum absolute atomic E-state index is 11.9. The molecule has 8 heteroatoms. The zero-order valence-electron chi connectivity index (χ0n) is 11.7. The second-order valence-electron chi connectivity index (χ2n) is 3.86. The molecule has 0 atom stereocenters. The van der Waals surface area contributed by atoms with Gasteiger partial charge < -0.3 is 19.7 Å². The van der Waals surface area contributed by atoms with E-state index < -0.39 is 0 Å². The minimum absolute atomic E-state index is 0.0952. The fourth-order valence-corrected chi connectivity index (χ4v) is 2.35. The second-order valence-corrected chi connectivity index (χ2v) is 4.66. The standard InChI is InChI=1S/C12H16BrN3O4/c1-14-12-10(13)8(20-4)5-7(11(12)15-18)16(2)9(17)6-19-3/h5,14H,6H2,1-4H3. The number of benzene rings is 1. The molecule has 20 heavy (non-hydrogen) atoms. The van der Waals surface area contributed by atoms with Gasteiger partial charge in [0, 0.05) is 27.3 Å². The first kappa shape index (κ1) is 16.4. The smallest absolute Gasteiger partial charge is 0.252 e. The van der Waals surface area contributed by atoms with E-state index in [-0.39, 0.29) is 18.2 Å². The summed E-state index contributed by atoms with van der Waals surface area (Å²) in [7, 11) is 6.10. The molecule has 1 aromatic carbocycles. The van der Waals surface area contributed by atoms with Crippen molar-refractivity contribution in [1.82, 2.24) is 0 Å². The molecule has 0 saturated carbocycles. The molecule has 7 nitrogen and oxygen atoms in total. The number of anilines is 2. The Hall–Kier alpha value is -1.67. The summed E-state index contributed by atoms with van der Waals surface area (Å²) < 4.78 is 10.6. The average Bonchev–Trinajstić information content (AvgIpc) is 2.45. The summed E-state index contributed by atoms with van der Waals surface area (Å²) >= 11 is 3.33. The van der Waals surface area contributed by atoms with E-state index in [9.17, 15) is 9.70 Å². The van der Waals surface area contributed by atoms with E-state index in [0.29, 0.717) is 21.6 Å². The lowest BCUT2D eigenvalue weighted by molar-refractivity contribution is -0.121. The van der Waals surface area contributed by atoms with Gasteiger partial charge in [-0.1, -0.05) is 0 Å². The Labute approximate surface area is 125 Å². The Morgan fingerprint density at radius 2 is 2.15 bits per heavy atom. The quantitative estimate of drug-likeness (QED) is 0.801. The van der Waals surface area contributed by atoms with Crippen LogP contribution in [0.2, 0.25) is 0 Å². The first-order chi connectivity index (χ1) is 9.51. The van der Waals surface area contributed by atoms with Crippen molar-refractivity contribution in [2.24, 2.45) is 5.18 Å². The average molecular weight is 346 g/mol. The zero-order valence-corrected chi connectivity index (χ0v) is 13.3. The number of methoxy groups -OCH3 is 2. The summed E-state index contributed by atoms with van der Waals surface area (Å²) in [6.45, 7) is -0.0952. The van der Waals surface area contributed by atoms with Crippen molar-refractivity contribution in [3.05, 3.63) is 15.4 Å². The number of halogens is 1. The summed E-state index contributed by atoms with van der Waals surface area (Å²) in [5, 5.41) is 5.87. The van der Waals surface area contributed by atoms with Gasteiger partial charge in [0.15, 0.2) is 5.69 Å². The normalized spacial score (nSPS) is 10.1. The number of nitrogens with zero attached hydrogens (tertiary/aromatic N) is 2. The molecule has 0 aliphatic rings. The van der Waals surface area contributed by atoms with Crippen LogP contribution in [-0.2, 0) is 9.53 Å². The van der Waals surface area contributed by atoms with Gasteiger partial charge in [-0.25, -0.2) is 0 Å². The maximum atomic E-state index is 11.9. The molecule has 0 saturated heterocycles. The van der Waals surface area contributed by atoms with Crippen LogP contribution in [0, 0.1) is 4.91 Å². The summed E-state index contributed by atoms with van der Waals surface area (Å²) in [6, 6.07) is 1.56. The van der Waals surface area contributed by atoms with Crippen LogP contribution in [0.25, 0.3) is 0 Å². The van der Waals surface area contributed by atoms with Crippen molar-refractivity contribution >= 4 is 38.9 Å². The topological polar surface area (TPSA) is 80.2 Å². The van der Waals surface area contributed by atoms with E-state index in [1.54, 1.807) is 13.1 Å². The molecule has 0 unspecified atom stereocenters. The SMILES string of the molecule is CNc1c(Br)c(OC)cc(N(C)C(=O)COC)c1N=O. The summed E-state index contributed by atoms with van der Waals surface area (Å²) in [5.41, 5.74) is 0.907. The molecule has 1 N–H and O–H groups in total. The third-order valence-electron chi connectivity index (χ3n) is 2.75. The Balaban J connectivity index is 3.44. The summed E-state index contributed by atoms with van der Waals surface area (Å²) in [5.74, 6) is 0.178. The van der Waals surface area contributed by atoms with E-state index in [1.807, 2.05) is 0 Å². The van der Waals surface area contributed by atoms with E-state index in [2.05, 4.69) is 26.4 Å². The third-order valence-corrected chi connectivity index (χ3v) is 3.53. The van der Waals surface area contributed by atoms with Gasteiger partial charge in [0.1, 0.15) is 12.4 Å². The van der Waals surface area contributed by atoms with Gasteiger partial charge in [0.2, 0.25) is 0 Å². The number of ether oxygens (including phenoxy) is 2. The van der Waals surface area contributed by atoms with Gasteiger partial charge >= 0.3 is 0 Å². The van der Waals surface area contributed by atoms with Crippen LogP contribution in [0.5, 0.6) is 5.75 Å². The lowest BCUT2D eigenvalue weighted by atomic mass is 10.2. The minimum atomic E-state index is -0.302. The van der Waals surface area contributed by atoms with Gasteiger partial charge in [-0.05, 0) is 21.1 Å². The number of likely N-dealkylation sites (N-methyl/N-ethyl adjacent to an activating group) is 1. The van der Waals surface area contributed by atoms with Crippen LogP contribution >= 0.6 is 15.9 Å². The highest BCUT2D eigenvalue weighted by molar-refractivity contribution is 9.10. The van der Waals surface area contributed by atoms with Crippen molar-refractivity contribution < 1.29 is 14.3 Å². The molecule has 110 valence electrons. The second kappa shape index (κ2) is 7.20. The molecule has 0 aromatic heterocycles. The highest BCUT2D eigenvalue weighted by Crippen LogP contribution is 2.46. The van der Waals surface area contributed by atoms with Crippen LogP contribution in [0.3, 0.4) is 0 Å². The number of hydrogen-bond donors (Lipinski definition) is 1. The zero-order chi connectivity index (χ0) is 15.3. The Morgan fingerprint density at radius 1 is 1.50 bits per heavy atom. The molecule has 0 spiro atoms. The maximum Gasteiger partial charge on any atom is 0.252 e. The molecular weight excluding hydrogens is 330 g/mol. The number of nitrogens with one attached hydrogen (secondary N) is 1. The predicted molar refractivity (Wildman–Crippen MR) is 81.0 cm³/mol. The van der Waals surface area contributed by atoms with Gasteiger partial charge in [-0.2, -0.15) is 0 Å². The number of amides is 1. The van der Waals surface area contributed by atoms with E-state index in [4.69, 9.17) is 9.47 Å². The number of nitroso groups, excluding NO2 is 1. The fraction of sp³-hybridized carbons (Fsp3) is 0.417. The van der Waals surface area contributed by atoms with E-state index >= 15 is 0 Å². The molecule has 1 amide bonds. The monoisotopic (exact) mass is 345 g/mol. The van der Waals surface area contributed by atoms with Crippen molar-refractivity contribution in [3.63, 3.8) is 0 Å². The Morgan fingerprint density at radius 3 is 2.60 bits per heavy atom. The van der Waals surface area contributed by atoms with Crippen molar-refractivity contribution in [1.29, 1.82) is 0 Å². The van der Waals surface area contributed by atoms with Crippen LogP contribution in [-0.4, -0.2) is 40.8 Å². The first-order valence-electron chi connectivity index (χ1n) is 5.68. The first-order valence-corrected chi connectivity index (χ1v) is 6.48. The molecule has 1 rings (SSSR count). The van der Waals surface area contributed by atoms with Crippen molar-refractivity contribution in [3.8, 4) is 5.75 Å². The minimum Gasteiger partial charge on any atom is -0.495 e. The molecule has 0 aliphatic carbocycles.